The highest BCUT2D eigenvalue weighted by atomic mass is 35.5. The summed E-state index contributed by atoms with van der Waals surface area (Å²) < 4.78 is 60.2. The minimum absolute atomic E-state index is 0.0240. The highest BCUT2D eigenvalue weighted by Gasteiger charge is 2.27. The number of rotatable bonds is 9. The molecule has 1 aliphatic rings. The van der Waals surface area contributed by atoms with Crippen LogP contribution in [0, 0.1) is 0 Å². The maximum Gasteiger partial charge on any atom is 0.262 e. The number of carbonyl (C=O) groups is 1. The molecule has 3 aromatic rings. The second kappa shape index (κ2) is 11.7. The first-order valence-electron chi connectivity index (χ1n) is 11.6. The van der Waals surface area contributed by atoms with Crippen molar-refractivity contribution < 1.29 is 26.4 Å². The molecule has 0 bridgehead atoms. The number of amides is 1. The number of carbonyl (C=O) groups excluding carboxylic acids is 1. The van der Waals surface area contributed by atoms with Crippen LogP contribution in [0.3, 0.4) is 0 Å². The number of piperazine rings is 1. The number of halogens is 1. The second-order valence-electron chi connectivity index (χ2n) is 8.65. The van der Waals surface area contributed by atoms with Gasteiger partial charge in [-0.25, -0.2) is 16.8 Å². The number of hydrogen-bond donors (Lipinski definition) is 2. The number of anilines is 2. The zero-order valence-electron chi connectivity index (χ0n) is 20.5. The Kier molecular flexibility index (Phi) is 8.58. The summed E-state index contributed by atoms with van der Waals surface area (Å²) in [5, 5.41) is 3.14. The first kappa shape index (κ1) is 27.9. The predicted octanol–water partition coefficient (Wildman–Crippen LogP) is 3.09. The summed E-state index contributed by atoms with van der Waals surface area (Å²) in [6, 6.07) is 17.8. The van der Waals surface area contributed by atoms with E-state index in [4.69, 9.17) is 16.3 Å². The van der Waals surface area contributed by atoms with Crippen molar-refractivity contribution in [2.75, 3.05) is 49.9 Å². The number of likely N-dealkylation sites (N-methyl/N-ethyl adjacent to an activating group) is 1. The predicted molar refractivity (Wildman–Crippen MR) is 146 cm³/mol. The van der Waals surface area contributed by atoms with Gasteiger partial charge in [-0.2, -0.15) is 4.31 Å². The van der Waals surface area contributed by atoms with Crippen molar-refractivity contribution >= 4 is 48.9 Å². The molecule has 1 heterocycles. The Bertz CT molecular complexity index is 1470. The summed E-state index contributed by atoms with van der Waals surface area (Å²) in [6.45, 7) is 1.88. The zero-order chi connectivity index (χ0) is 27.3. The van der Waals surface area contributed by atoms with Crippen LogP contribution in [0.1, 0.15) is 0 Å². The largest absolute Gasteiger partial charge is 0.484 e. The molecule has 0 aromatic heterocycles. The summed E-state index contributed by atoms with van der Waals surface area (Å²) in [6.07, 6.45) is 0. The lowest BCUT2D eigenvalue weighted by atomic mass is 10.3. The standard InChI is InChI=1S/C25H27ClN4O6S2/c1-29-14-16-30(17-15-29)38(34,35)24-10-6-20(7-11-24)27-25(31)18-36-22-8-12-23(13-9-22)37(32,33)28-21-4-2-19(26)3-5-21/h2-13,28H,14-18H2,1H3,(H,27,31). The van der Waals surface area contributed by atoms with Gasteiger partial charge in [-0.3, -0.25) is 9.52 Å². The van der Waals surface area contributed by atoms with Crippen LogP contribution < -0.4 is 14.8 Å². The summed E-state index contributed by atoms with van der Waals surface area (Å²) in [7, 11) is -5.46. The molecule has 10 nitrogen and oxygen atoms in total. The van der Waals surface area contributed by atoms with Crippen LogP contribution in [-0.4, -0.2) is 71.8 Å². The SMILES string of the molecule is CN1CCN(S(=O)(=O)c2ccc(NC(=O)COc3ccc(S(=O)(=O)Nc4ccc(Cl)cc4)cc3)cc2)CC1. The number of sulfonamides is 2. The van der Waals surface area contributed by atoms with Gasteiger partial charge >= 0.3 is 0 Å². The summed E-state index contributed by atoms with van der Waals surface area (Å²) in [4.78, 5) is 14.6. The molecule has 0 radical (unpaired) electrons. The maximum atomic E-state index is 12.8. The van der Waals surface area contributed by atoms with Gasteiger partial charge in [-0.1, -0.05) is 11.6 Å². The van der Waals surface area contributed by atoms with Gasteiger partial charge in [0.15, 0.2) is 6.61 Å². The molecular weight excluding hydrogens is 552 g/mol. The van der Waals surface area contributed by atoms with E-state index >= 15 is 0 Å². The van der Waals surface area contributed by atoms with E-state index in [1.807, 2.05) is 7.05 Å². The molecule has 202 valence electrons. The quantitative estimate of drug-likeness (QED) is 0.400. The number of benzene rings is 3. The smallest absolute Gasteiger partial charge is 0.262 e. The molecule has 1 saturated heterocycles. The van der Waals surface area contributed by atoms with Crippen molar-refractivity contribution in [3.05, 3.63) is 77.8 Å². The third-order valence-corrected chi connectivity index (χ3v) is 9.40. The molecule has 0 spiro atoms. The van der Waals surface area contributed by atoms with Gasteiger partial charge in [-0.15, -0.1) is 0 Å². The van der Waals surface area contributed by atoms with E-state index in [9.17, 15) is 21.6 Å². The van der Waals surface area contributed by atoms with E-state index in [0.717, 1.165) is 0 Å². The van der Waals surface area contributed by atoms with Gasteiger partial charge in [0.05, 0.1) is 9.79 Å². The minimum atomic E-state index is -3.81. The van der Waals surface area contributed by atoms with Crippen molar-refractivity contribution in [3.8, 4) is 5.75 Å². The molecule has 4 rings (SSSR count). The van der Waals surface area contributed by atoms with Gasteiger partial charge in [0.1, 0.15) is 5.75 Å². The van der Waals surface area contributed by atoms with E-state index in [1.54, 1.807) is 24.3 Å². The maximum absolute atomic E-state index is 12.8. The Morgan fingerprint density at radius 1 is 0.816 bits per heavy atom. The Balaban J connectivity index is 1.29. The van der Waals surface area contributed by atoms with Crippen molar-refractivity contribution in [1.82, 2.24) is 9.21 Å². The average Bonchev–Trinajstić information content (AvgIpc) is 2.89. The molecule has 38 heavy (non-hydrogen) atoms. The average molecular weight is 579 g/mol. The molecule has 0 aliphatic carbocycles. The van der Waals surface area contributed by atoms with Crippen LogP contribution in [0.15, 0.2) is 82.6 Å². The molecule has 0 atom stereocenters. The normalized spacial score (nSPS) is 15.1. The van der Waals surface area contributed by atoms with E-state index in [1.165, 1.54) is 52.8 Å². The van der Waals surface area contributed by atoms with Crippen LogP contribution in [0.5, 0.6) is 5.75 Å². The molecule has 1 amide bonds. The Morgan fingerprint density at radius 2 is 1.37 bits per heavy atom. The van der Waals surface area contributed by atoms with Crippen LogP contribution in [0.4, 0.5) is 11.4 Å². The van der Waals surface area contributed by atoms with Crippen molar-refractivity contribution in [3.63, 3.8) is 0 Å². The molecule has 13 heteroatoms. The van der Waals surface area contributed by atoms with Gasteiger partial charge in [0, 0.05) is 42.6 Å². The van der Waals surface area contributed by atoms with E-state index in [0.29, 0.717) is 48.3 Å². The monoisotopic (exact) mass is 578 g/mol. The first-order valence-corrected chi connectivity index (χ1v) is 14.9. The second-order valence-corrected chi connectivity index (χ2v) is 12.7. The van der Waals surface area contributed by atoms with Gasteiger partial charge in [0.25, 0.3) is 15.9 Å². The van der Waals surface area contributed by atoms with Crippen LogP contribution in [0.2, 0.25) is 5.02 Å². The fourth-order valence-electron chi connectivity index (χ4n) is 3.68. The van der Waals surface area contributed by atoms with Crippen molar-refractivity contribution in [1.29, 1.82) is 0 Å². The summed E-state index contributed by atoms with van der Waals surface area (Å²) in [5.74, 6) is -0.153. The zero-order valence-corrected chi connectivity index (χ0v) is 22.9. The van der Waals surface area contributed by atoms with E-state index in [-0.39, 0.29) is 16.4 Å². The topological polar surface area (TPSA) is 125 Å². The molecular formula is C25H27ClN4O6S2. The third kappa shape index (κ3) is 7.03. The molecule has 1 aliphatic heterocycles. The molecule has 1 fully saturated rings. The number of hydrogen-bond acceptors (Lipinski definition) is 7. The van der Waals surface area contributed by atoms with Gasteiger partial charge in [0.2, 0.25) is 10.0 Å². The van der Waals surface area contributed by atoms with Crippen molar-refractivity contribution in [2.24, 2.45) is 0 Å². The third-order valence-electron chi connectivity index (χ3n) is 5.84. The number of ether oxygens (including phenoxy) is 1. The summed E-state index contributed by atoms with van der Waals surface area (Å²) in [5.41, 5.74) is 0.794. The molecule has 0 saturated carbocycles. The fraction of sp³-hybridized carbons (Fsp3) is 0.240. The highest BCUT2D eigenvalue weighted by Crippen LogP contribution is 2.22. The lowest BCUT2D eigenvalue weighted by Crippen LogP contribution is -2.46. The van der Waals surface area contributed by atoms with Gasteiger partial charge in [-0.05, 0) is 79.8 Å². The molecule has 0 unspecified atom stereocenters. The highest BCUT2D eigenvalue weighted by molar-refractivity contribution is 7.92. The molecule has 3 aromatic carbocycles. The Hall–Kier alpha value is -3.16. The Morgan fingerprint density at radius 3 is 1.97 bits per heavy atom. The Labute approximate surface area is 227 Å². The first-order chi connectivity index (χ1) is 18.0. The van der Waals surface area contributed by atoms with E-state index < -0.39 is 26.0 Å². The van der Waals surface area contributed by atoms with E-state index in [2.05, 4.69) is 14.9 Å². The number of nitrogens with one attached hydrogen (secondary N) is 2. The van der Waals surface area contributed by atoms with Crippen LogP contribution in [0.25, 0.3) is 0 Å². The summed E-state index contributed by atoms with van der Waals surface area (Å²) >= 11 is 5.82. The lowest BCUT2D eigenvalue weighted by molar-refractivity contribution is -0.118. The van der Waals surface area contributed by atoms with Gasteiger partial charge < -0.3 is 15.0 Å². The fourth-order valence-corrected chi connectivity index (χ4v) is 6.29. The van der Waals surface area contributed by atoms with Crippen LogP contribution in [-0.2, 0) is 24.8 Å². The number of nitrogens with zero attached hydrogens (tertiary/aromatic N) is 2. The van der Waals surface area contributed by atoms with Crippen LogP contribution >= 0.6 is 11.6 Å². The molecule has 2 N–H and O–H groups in total. The van der Waals surface area contributed by atoms with Crippen molar-refractivity contribution in [2.45, 2.75) is 9.79 Å². The minimum Gasteiger partial charge on any atom is -0.484 e. The lowest BCUT2D eigenvalue weighted by Gasteiger charge is -2.31.